The summed E-state index contributed by atoms with van der Waals surface area (Å²) >= 11 is 0. The number of carbonyl (C=O) groups is 1. The maximum absolute atomic E-state index is 12.9. The predicted octanol–water partition coefficient (Wildman–Crippen LogP) is 3.88. The Morgan fingerprint density at radius 2 is 1.75 bits per heavy atom. The third-order valence-electron chi connectivity index (χ3n) is 5.04. The zero-order valence-corrected chi connectivity index (χ0v) is 18.0. The molecule has 2 heterocycles. The Morgan fingerprint density at radius 1 is 1.00 bits per heavy atom. The molecule has 4 rings (SSSR count). The van der Waals surface area contributed by atoms with Crippen LogP contribution in [0.1, 0.15) is 41.5 Å². The van der Waals surface area contributed by atoms with Gasteiger partial charge in [-0.1, -0.05) is 36.4 Å². The minimum Gasteiger partial charge on any atom is -0.489 e. The van der Waals surface area contributed by atoms with Crippen LogP contribution in [0.3, 0.4) is 0 Å². The molecule has 7 heteroatoms. The van der Waals surface area contributed by atoms with Gasteiger partial charge in [-0.3, -0.25) is 14.6 Å². The highest BCUT2D eigenvalue weighted by Gasteiger charge is 2.17. The number of ether oxygens (including phenoxy) is 1. The summed E-state index contributed by atoms with van der Waals surface area (Å²) in [5.74, 6) is 0.410. The van der Waals surface area contributed by atoms with Crippen molar-refractivity contribution < 1.29 is 9.53 Å². The first-order chi connectivity index (χ1) is 15.5. The van der Waals surface area contributed by atoms with E-state index in [9.17, 15) is 9.59 Å². The molecule has 2 aromatic heterocycles. The van der Waals surface area contributed by atoms with Crippen molar-refractivity contribution in [3.05, 3.63) is 100 Å². The number of amides is 1. The van der Waals surface area contributed by atoms with Crippen molar-refractivity contribution in [3.63, 3.8) is 0 Å². The van der Waals surface area contributed by atoms with Crippen LogP contribution in [0, 0.1) is 0 Å². The summed E-state index contributed by atoms with van der Waals surface area (Å²) in [6.45, 7) is 4.50. The quantitative estimate of drug-likeness (QED) is 0.483. The largest absolute Gasteiger partial charge is 0.489 e. The van der Waals surface area contributed by atoms with E-state index in [0.29, 0.717) is 23.9 Å². The van der Waals surface area contributed by atoms with Crippen LogP contribution in [0.4, 0.5) is 0 Å². The van der Waals surface area contributed by atoms with Crippen molar-refractivity contribution in [1.82, 2.24) is 20.1 Å². The molecule has 0 aliphatic carbocycles. The van der Waals surface area contributed by atoms with Crippen LogP contribution in [-0.2, 0) is 13.2 Å². The van der Waals surface area contributed by atoms with Crippen LogP contribution in [0.2, 0.25) is 0 Å². The van der Waals surface area contributed by atoms with E-state index in [-0.39, 0.29) is 23.2 Å². The monoisotopic (exact) mass is 428 g/mol. The number of hydrogen-bond donors (Lipinski definition) is 1. The highest BCUT2D eigenvalue weighted by Crippen LogP contribution is 2.16. The SMILES string of the molecule is CC(C)n1nc(C(=O)NCc2ccc(OCc3cccnc3)cc2)c2ccccc2c1=O. The minimum absolute atomic E-state index is 0.155. The van der Waals surface area contributed by atoms with Crippen LogP contribution >= 0.6 is 0 Å². The Bertz CT molecular complexity index is 1280. The lowest BCUT2D eigenvalue weighted by Gasteiger charge is -2.13. The maximum atomic E-state index is 12.9. The van der Waals surface area contributed by atoms with Crippen LogP contribution in [0.5, 0.6) is 5.75 Å². The van der Waals surface area contributed by atoms with Gasteiger partial charge >= 0.3 is 0 Å². The Balaban J connectivity index is 1.45. The molecule has 0 saturated heterocycles. The number of nitrogens with zero attached hydrogens (tertiary/aromatic N) is 3. The molecule has 32 heavy (non-hydrogen) atoms. The van der Waals surface area contributed by atoms with Crippen LogP contribution in [0.15, 0.2) is 77.9 Å². The van der Waals surface area contributed by atoms with Gasteiger partial charge in [-0.15, -0.1) is 0 Å². The highest BCUT2D eigenvalue weighted by molar-refractivity contribution is 6.04. The van der Waals surface area contributed by atoms with Gasteiger partial charge in [0.05, 0.1) is 11.4 Å². The zero-order chi connectivity index (χ0) is 22.5. The lowest BCUT2D eigenvalue weighted by atomic mass is 10.1. The van der Waals surface area contributed by atoms with E-state index in [4.69, 9.17) is 4.74 Å². The Morgan fingerprint density at radius 3 is 2.44 bits per heavy atom. The lowest BCUT2D eigenvalue weighted by Crippen LogP contribution is -2.31. The van der Waals surface area contributed by atoms with Crippen molar-refractivity contribution in [1.29, 1.82) is 0 Å². The highest BCUT2D eigenvalue weighted by atomic mass is 16.5. The summed E-state index contributed by atoms with van der Waals surface area (Å²) in [5, 5.41) is 8.28. The van der Waals surface area contributed by atoms with E-state index < -0.39 is 0 Å². The Kier molecular flexibility index (Phi) is 6.26. The molecule has 0 spiro atoms. The van der Waals surface area contributed by atoms with Crippen LogP contribution < -0.4 is 15.6 Å². The number of carbonyl (C=O) groups excluding carboxylic acids is 1. The summed E-state index contributed by atoms with van der Waals surface area (Å²) < 4.78 is 7.12. The van der Waals surface area contributed by atoms with Gasteiger partial charge in [-0.05, 0) is 43.7 Å². The third kappa shape index (κ3) is 4.67. The normalized spacial score (nSPS) is 11.0. The van der Waals surface area contributed by atoms with Crippen molar-refractivity contribution in [2.45, 2.75) is 33.0 Å². The molecule has 0 bridgehead atoms. The first-order valence-corrected chi connectivity index (χ1v) is 10.4. The second kappa shape index (κ2) is 9.43. The molecule has 0 unspecified atom stereocenters. The topological polar surface area (TPSA) is 86.1 Å². The average molecular weight is 428 g/mol. The Labute approximate surface area is 185 Å². The molecule has 1 amide bonds. The van der Waals surface area contributed by atoms with Crippen molar-refractivity contribution >= 4 is 16.7 Å². The molecule has 0 aliphatic rings. The van der Waals surface area contributed by atoms with Gasteiger partial charge < -0.3 is 10.1 Å². The number of pyridine rings is 1. The third-order valence-corrected chi connectivity index (χ3v) is 5.04. The fraction of sp³-hybridized carbons (Fsp3) is 0.200. The molecule has 1 N–H and O–H groups in total. The van der Waals surface area contributed by atoms with E-state index in [2.05, 4.69) is 15.4 Å². The Hall–Kier alpha value is -4.00. The van der Waals surface area contributed by atoms with Gasteiger partial charge in [0.1, 0.15) is 12.4 Å². The second-order valence-electron chi connectivity index (χ2n) is 7.71. The van der Waals surface area contributed by atoms with Gasteiger partial charge in [-0.25, -0.2) is 4.68 Å². The summed E-state index contributed by atoms with van der Waals surface area (Å²) in [7, 11) is 0. The number of benzene rings is 2. The fourth-order valence-electron chi connectivity index (χ4n) is 3.34. The van der Waals surface area contributed by atoms with E-state index in [0.717, 1.165) is 16.9 Å². The first-order valence-electron chi connectivity index (χ1n) is 10.4. The standard InChI is InChI=1S/C25H24N4O3/c1-17(2)29-25(31)22-8-4-3-7-21(22)23(28-29)24(30)27-15-18-9-11-20(12-10-18)32-16-19-6-5-13-26-14-19/h3-14,17H,15-16H2,1-2H3,(H,27,30). The van der Waals surface area contributed by atoms with Gasteiger partial charge in [0.15, 0.2) is 5.69 Å². The molecule has 0 saturated carbocycles. The van der Waals surface area contributed by atoms with Gasteiger partial charge in [-0.2, -0.15) is 5.10 Å². The lowest BCUT2D eigenvalue weighted by molar-refractivity contribution is 0.0945. The molecule has 0 fully saturated rings. The van der Waals surface area contributed by atoms with Gasteiger partial charge in [0, 0.05) is 29.9 Å². The molecule has 2 aromatic carbocycles. The van der Waals surface area contributed by atoms with Crippen molar-refractivity contribution in [2.75, 3.05) is 0 Å². The van der Waals surface area contributed by atoms with Crippen molar-refractivity contribution in [3.8, 4) is 5.75 Å². The molecular formula is C25H24N4O3. The van der Waals surface area contributed by atoms with E-state index in [1.54, 1.807) is 36.7 Å². The summed E-state index contributed by atoms with van der Waals surface area (Å²) in [5.41, 5.74) is 1.96. The molecule has 7 nitrogen and oxygen atoms in total. The average Bonchev–Trinajstić information content (AvgIpc) is 2.82. The number of rotatable bonds is 7. The molecular weight excluding hydrogens is 404 g/mol. The molecule has 0 radical (unpaired) electrons. The van der Waals surface area contributed by atoms with E-state index >= 15 is 0 Å². The molecule has 4 aromatic rings. The second-order valence-corrected chi connectivity index (χ2v) is 7.71. The number of nitrogens with one attached hydrogen (secondary N) is 1. The van der Waals surface area contributed by atoms with Crippen LogP contribution in [-0.4, -0.2) is 20.7 Å². The molecule has 162 valence electrons. The molecule has 0 atom stereocenters. The van der Waals surface area contributed by atoms with Crippen molar-refractivity contribution in [2.24, 2.45) is 0 Å². The summed E-state index contributed by atoms with van der Waals surface area (Å²) in [6.07, 6.45) is 3.49. The molecule has 0 aliphatic heterocycles. The van der Waals surface area contributed by atoms with E-state index in [1.165, 1.54) is 4.68 Å². The zero-order valence-electron chi connectivity index (χ0n) is 18.0. The van der Waals surface area contributed by atoms with E-state index in [1.807, 2.05) is 50.2 Å². The summed E-state index contributed by atoms with van der Waals surface area (Å²) in [4.78, 5) is 29.6. The van der Waals surface area contributed by atoms with Crippen LogP contribution in [0.25, 0.3) is 10.8 Å². The number of hydrogen-bond acceptors (Lipinski definition) is 5. The smallest absolute Gasteiger partial charge is 0.274 e. The fourth-order valence-corrected chi connectivity index (χ4v) is 3.34. The van der Waals surface area contributed by atoms with Gasteiger partial charge in [0.25, 0.3) is 11.5 Å². The van der Waals surface area contributed by atoms with Gasteiger partial charge in [0.2, 0.25) is 0 Å². The predicted molar refractivity (Wildman–Crippen MR) is 123 cm³/mol. The summed E-state index contributed by atoms with van der Waals surface area (Å²) in [6, 6.07) is 18.3. The number of fused-ring (bicyclic) bond motifs is 1. The minimum atomic E-state index is -0.326. The number of aromatic nitrogens is 3. The first kappa shape index (κ1) is 21.2. The maximum Gasteiger partial charge on any atom is 0.274 e.